The topological polar surface area (TPSA) is 104 Å². The standard InChI is InChI=1S/C22H22N6O3S/c1-13-18(32-22(26-13)19-23-6-5-7-24-19)21(29)27-17(20-25-8-9-28(20)2)14-10-15(30-3)12-16(11-14)31-4/h5-12,17H,1-4H3,(H,27,29). The Morgan fingerprint density at radius 3 is 2.34 bits per heavy atom. The summed E-state index contributed by atoms with van der Waals surface area (Å²) in [5.41, 5.74) is 1.38. The van der Waals surface area contributed by atoms with Gasteiger partial charge in [0.05, 0.1) is 19.9 Å². The Kier molecular flexibility index (Phi) is 6.13. The summed E-state index contributed by atoms with van der Waals surface area (Å²) in [4.78, 5) is 31.2. The summed E-state index contributed by atoms with van der Waals surface area (Å²) in [7, 11) is 5.04. The average Bonchev–Trinajstić information content (AvgIpc) is 3.42. The Labute approximate surface area is 189 Å². The molecule has 32 heavy (non-hydrogen) atoms. The van der Waals surface area contributed by atoms with Crippen molar-refractivity contribution in [3.8, 4) is 22.3 Å². The molecule has 0 bridgehead atoms. The molecule has 0 spiro atoms. The van der Waals surface area contributed by atoms with Crippen molar-refractivity contribution in [2.45, 2.75) is 13.0 Å². The Morgan fingerprint density at radius 2 is 1.75 bits per heavy atom. The van der Waals surface area contributed by atoms with Gasteiger partial charge in [0.15, 0.2) is 10.8 Å². The Balaban J connectivity index is 1.71. The van der Waals surface area contributed by atoms with Gasteiger partial charge in [0.25, 0.3) is 5.91 Å². The predicted molar refractivity (Wildman–Crippen MR) is 120 cm³/mol. The number of thiazole rings is 1. The Hall–Kier alpha value is -3.79. The fraction of sp³-hybridized carbons (Fsp3) is 0.227. The first-order chi connectivity index (χ1) is 15.5. The lowest BCUT2D eigenvalue weighted by atomic mass is 10.0. The van der Waals surface area contributed by atoms with Crippen LogP contribution in [-0.4, -0.2) is 44.6 Å². The second-order valence-corrected chi connectivity index (χ2v) is 7.95. The molecule has 1 N–H and O–H groups in total. The minimum absolute atomic E-state index is 0.267. The number of hydrogen-bond acceptors (Lipinski definition) is 8. The van der Waals surface area contributed by atoms with Gasteiger partial charge in [0, 0.05) is 37.9 Å². The van der Waals surface area contributed by atoms with Gasteiger partial charge in [-0.25, -0.2) is 19.9 Å². The van der Waals surface area contributed by atoms with E-state index in [1.54, 1.807) is 51.9 Å². The zero-order valence-corrected chi connectivity index (χ0v) is 18.9. The van der Waals surface area contributed by atoms with Crippen molar-refractivity contribution in [3.63, 3.8) is 0 Å². The molecular weight excluding hydrogens is 428 g/mol. The van der Waals surface area contributed by atoms with Crippen LogP contribution in [0, 0.1) is 6.92 Å². The molecule has 4 aromatic rings. The van der Waals surface area contributed by atoms with Crippen molar-refractivity contribution >= 4 is 17.2 Å². The van der Waals surface area contributed by atoms with Crippen molar-refractivity contribution in [1.82, 2.24) is 29.8 Å². The normalized spacial score (nSPS) is 11.8. The first-order valence-electron chi connectivity index (χ1n) is 9.76. The molecule has 1 aromatic carbocycles. The number of methoxy groups -OCH3 is 2. The van der Waals surface area contributed by atoms with Crippen molar-refractivity contribution in [3.05, 3.63) is 71.0 Å². The van der Waals surface area contributed by atoms with Crippen LogP contribution >= 0.6 is 11.3 Å². The van der Waals surface area contributed by atoms with E-state index >= 15 is 0 Å². The molecule has 1 atom stereocenters. The van der Waals surface area contributed by atoms with Gasteiger partial charge in [-0.15, -0.1) is 11.3 Å². The van der Waals surface area contributed by atoms with Crippen LogP contribution in [0.25, 0.3) is 10.8 Å². The number of rotatable bonds is 7. The highest BCUT2D eigenvalue weighted by atomic mass is 32.1. The fourth-order valence-electron chi connectivity index (χ4n) is 3.26. The molecule has 0 aliphatic rings. The van der Waals surface area contributed by atoms with Gasteiger partial charge in [-0.2, -0.15) is 0 Å². The first-order valence-corrected chi connectivity index (χ1v) is 10.6. The number of imidazole rings is 1. The van der Waals surface area contributed by atoms with Crippen LogP contribution in [0.1, 0.15) is 32.8 Å². The molecule has 4 rings (SSSR count). The molecule has 9 nitrogen and oxygen atoms in total. The summed E-state index contributed by atoms with van der Waals surface area (Å²) in [6, 6.07) is 6.68. The zero-order chi connectivity index (χ0) is 22.7. The minimum Gasteiger partial charge on any atom is -0.497 e. The third-order valence-electron chi connectivity index (χ3n) is 4.86. The molecule has 1 amide bonds. The van der Waals surface area contributed by atoms with E-state index in [2.05, 4.69) is 25.3 Å². The number of nitrogens with one attached hydrogen (secondary N) is 1. The highest BCUT2D eigenvalue weighted by Gasteiger charge is 2.25. The minimum atomic E-state index is -0.538. The predicted octanol–water partition coefficient (Wildman–Crippen LogP) is 3.18. The molecule has 3 aromatic heterocycles. The van der Waals surface area contributed by atoms with Crippen LogP contribution in [0.4, 0.5) is 0 Å². The maximum absolute atomic E-state index is 13.3. The number of benzene rings is 1. The fourth-order valence-corrected chi connectivity index (χ4v) is 4.17. The van der Waals surface area contributed by atoms with Gasteiger partial charge < -0.3 is 19.4 Å². The molecule has 1 unspecified atom stereocenters. The maximum atomic E-state index is 13.3. The summed E-state index contributed by atoms with van der Waals surface area (Å²) in [5, 5.41) is 3.69. The lowest BCUT2D eigenvalue weighted by Gasteiger charge is -2.20. The Bertz CT molecular complexity index is 1220. The summed E-state index contributed by atoms with van der Waals surface area (Å²) in [5.74, 6) is 2.12. The third-order valence-corrected chi connectivity index (χ3v) is 6.01. The second-order valence-electron chi connectivity index (χ2n) is 6.95. The number of aryl methyl sites for hydroxylation is 2. The van der Waals surface area contributed by atoms with Crippen LogP contribution in [0.2, 0.25) is 0 Å². The second kappa shape index (κ2) is 9.15. The van der Waals surface area contributed by atoms with E-state index in [9.17, 15) is 4.79 Å². The smallest absolute Gasteiger partial charge is 0.264 e. The van der Waals surface area contributed by atoms with Crippen molar-refractivity contribution in [2.24, 2.45) is 7.05 Å². The van der Waals surface area contributed by atoms with E-state index < -0.39 is 6.04 Å². The molecule has 164 valence electrons. The van der Waals surface area contributed by atoms with E-state index in [1.165, 1.54) is 11.3 Å². The Morgan fingerprint density at radius 1 is 1.06 bits per heavy atom. The highest BCUT2D eigenvalue weighted by molar-refractivity contribution is 7.17. The van der Waals surface area contributed by atoms with Gasteiger partial charge in [-0.1, -0.05) is 0 Å². The SMILES string of the molecule is COc1cc(OC)cc(C(NC(=O)c2sc(-c3ncccn3)nc2C)c2nccn2C)c1. The van der Waals surface area contributed by atoms with Crippen LogP contribution in [0.5, 0.6) is 11.5 Å². The number of carbonyl (C=O) groups excluding carboxylic acids is 1. The van der Waals surface area contributed by atoms with Gasteiger partial charge >= 0.3 is 0 Å². The number of aromatic nitrogens is 5. The van der Waals surface area contributed by atoms with Crippen LogP contribution in [0.15, 0.2) is 49.1 Å². The first kappa shape index (κ1) is 21.4. The summed E-state index contributed by atoms with van der Waals surface area (Å²) >= 11 is 1.25. The van der Waals surface area contributed by atoms with Gasteiger partial charge in [-0.3, -0.25) is 4.79 Å². The number of carbonyl (C=O) groups is 1. The largest absolute Gasteiger partial charge is 0.497 e. The molecule has 10 heteroatoms. The van der Waals surface area contributed by atoms with E-state index in [0.29, 0.717) is 38.7 Å². The maximum Gasteiger partial charge on any atom is 0.264 e. The molecular formula is C22H22N6O3S. The molecule has 0 saturated heterocycles. The number of nitrogens with zero attached hydrogens (tertiary/aromatic N) is 5. The molecule has 0 aliphatic carbocycles. The molecule has 3 heterocycles. The molecule has 0 radical (unpaired) electrons. The van der Waals surface area contributed by atoms with Crippen LogP contribution in [0.3, 0.4) is 0 Å². The quantitative estimate of drug-likeness (QED) is 0.461. The van der Waals surface area contributed by atoms with Gasteiger partial charge in [0.1, 0.15) is 28.2 Å². The van der Waals surface area contributed by atoms with Crippen molar-refractivity contribution in [1.29, 1.82) is 0 Å². The van der Waals surface area contributed by atoms with Crippen molar-refractivity contribution in [2.75, 3.05) is 14.2 Å². The van der Waals surface area contributed by atoms with Gasteiger partial charge in [0.2, 0.25) is 0 Å². The lowest BCUT2D eigenvalue weighted by molar-refractivity contribution is 0.0944. The summed E-state index contributed by atoms with van der Waals surface area (Å²) in [6.07, 6.45) is 6.81. The average molecular weight is 451 g/mol. The van der Waals surface area contributed by atoms with E-state index in [4.69, 9.17) is 9.47 Å². The van der Waals surface area contributed by atoms with Crippen LogP contribution in [-0.2, 0) is 7.05 Å². The lowest BCUT2D eigenvalue weighted by Crippen LogP contribution is -2.31. The van der Waals surface area contributed by atoms with E-state index in [0.717, 1.165) is 5.56 Å². The third kappa shape index (κ3) is 4.30. The highest BCUT2D eigenvalue weighted by Crippen LogP contribution is 2.31. The van der Waals surface area contributed by atoms with Crippen LogP contribution < -0.4 is 14.8 Å². The summed E-state index contributed by atoms with van der Waals surface area (Å²) < 4.78 is 12.7. The summed E-state index contributed by atoms with van der Waals surface area (Å²) in [6.45, 7) is 1.79. The van der Waals surface area contributed by atoms with Gasteiger partial charge in [-0.05, 0) is 30.7 Å². The number of amides is 1. The monoisotopic (exact) mass is 450 g/mol. The molecule has 0 saturated carbocycles. The van der Waals surface area contributed by atoms with E-state index in [-0.39, 0.29) is 5.91 Å². The van der Waals surface area contributed by atoms with Crippen molar-refractivity contribution < 1.29 is 14.3 Å². The number of hydrogen-bond donors (Lipinski definition) is 1. The molecule has 0 aliphatic heterocycles. The zero-order valence-electron chi connectivity index (χ0n) is 18.1. The molecule has 0 fully saturated rings. The number of ether oxygens (including phenoxy) is 2. The van der Waals surface area contributed by atoms with E-state index in [1.807, 2.05) is 29.9 Å².